The Morgan fingerprint density at radius 2 is 1.77 bits per heavy atom. The Labute approximate surface area is 169 Å². The summed E-state index contributed by atoms with van der Waals surface area (Å²) in [6.45, 7) is 0.708. The molecule has 0 unspecified atom stereocenters. The number of ether oxygens (including phenoxy) is 1. The van der Waals surface area contributed by atoms with Crippen LogP contribution in [0.4, 0.5) is 18.9 Å². The van der Waals surface area contributed by atoms with E-state index in [2.05, 4.69) is 10.3 Å². The fourth-order valence-electron chi connectivity index (χ4n) is 2.49. The Balaban J connectivity index is 1.92. The number of pyridine rings is 1. The first-order valence-electron chi connectivity index (χ1n) is 8.60. The van der Waals surface area contributed by atoms with Crippen molar-refractivity contribution in [3.05, 3.63) is 83.4 Å². The lowest BCUT2D eigenvalue weighted by Crippen LogP contribution is -2.15. The van der Waals surface area contributed by atoms with Gasteiger partial charge in [0.05, 0.1) is 17.4 Å². The predicted octanol–water partition coefficient (Wildman–Crippen LogP) is 5.08. The number of benzene rings is 2. The van der Waals surface area contributed by atoms with Crippen LogP contribution in [0.5, 0.6) is 11.5 Å². The van der Waals surface area contributed by atoms with Gasteiger partial charge in [-0.2, -0.15) is 0 Å². The molecule has 1 aromatic heterocycles. The second-order valence-corrected chi connectivity index (χ2v) is 6.35. The molecule has 0 aliphatic heterocycles. The van der Waals surface area contributed by atoms with Crippen LogP contribution in [0.15, 0.2) is 60.8 Å². The van der Waals surface area contributed by atoms with Crippen molar-refractivity contribution in [1.29, 1.82) is 0 Å². The number of aromatic carboxylic acids is 1. The molecule has 0 saturated carbocycles. The molecule has 0 atom stereocenters. The number of hydrogen-bond donors (Lipinski definition) is 2. The molecule has 0 bridgehead atoms. The fraction of sp³-hybridized carbons (Fsp3) is 0.0952. The molecule has 3 aromatic rings. The van der Waals surface area contributed by atoms with Gasteiger partial charge in [-0.1, -0.05) is 6.07 Å². The third kappa shape index (κ3) is 4.93. The number of anilines is 1. The maximum atomic E-state index is 13.7. The number of amides is 1. The van der Waals surface area contributed by atoms with Gasteiger partial charge in [0.15, 0.2) is 0 Å². The standard InChI is InChI=1S/C21H15F3N2O4/c1-21(23,24)12-2-8-16(18(10-12)30-15-6-3-13(22)4-7-15)19(27)26-14-5-9-17(20(28)29)25-11-14/h2-11H,1H3,(H,26,27)(H,28,29). The Hall–Kier alpha value is -3.88. The lowest BCUT2D eigenvalue weighted by Gasteiger charge is -2.16. The van der Waals surface area contributed by atoms with E-state index in [-0.39, 0.29) is 34.0 Å². The van der Waals surface area contributed by atoms with E-state index < -0.39 is 23.6 Å². The molecule has 2 aromatic carbocycles. The summed E-state index contributed by atoms with van der Waals surface area (Å²) in [7, 11) is 0. The SMILES string of the molecule is CC(F)(F)c1ccc(C(=O)Nc2ccc(C(=O)O)nc2)c(Oc2ccc(F)cc2)c1. The first kappa shape index (κ1) is 20.8. The van der Waals surface area contributed by atoms with E-state index in [1.54, 1.807) is 0 Å². The first-order valence-corrected chi connectivity index (χ1v) is 8.60. The number of alkyl halides is 2. The van der Waals surface area contributed by atoms with Gasteiger partial charge < -0.3 is 15.2 Å². The number of rotatable bonds is 6. The number of aromatic nitrogens is 1. The predicted molar refractivity (Wildman–Crippen MR) is 102 cm³/mol. The first-order chi connectivity index (χ1) is 14.1. The molecule has 0 aliphatic rings. The van der Waals surface area contributed by atoms with Crippen LogP contribution in [0.2, 0.25) is 0 Å². The highest BCUT2D eigenvalue weighted by Crippen LogP contribution is 2.34. The van der Waals surface area contributed by atoms with Gasteiger partial charge in [0.25, 0.3) is 11.8 Å². The molecule has 1 heterocycles. The van der Waals surface area contributed by atoms with Gasteiger partial charge in [0.2, 0.25) is 0 Å². The van der Waals surface area contributed by atoms with Gasteiger partial charge >= 0.3 is 5.97 Å². The molecule has 9 heteroatoms. The summed E-state index contributed by atoms with van der Waals surface area (Å²) in [5.41, 5.74) is -0.441. The number of carbonyl (C=O) groups is 2. The summed E-state index contributed by atoms with van der Waals surface area (Å²) in [5, 5.41) is 11.4. The minimum atomic E-state index is -3.17. The van der Waals surface area contributed by atoms with E-state index in [0.29, 0.717) is 6.92 Å². The molecule has 1 amide bonds. The van der Waals surface area contributed by atoms with E-state index in [9.17, 15) is 22.8 Å². The average Bonchev–Trinajstić information content (AvgIpc) is 2.69. The van der Waals surface area contributed by atoms with Crippen LogP contribution in [0.3, 0.4) is 0 Å². The molecule has 154 valence electrons. The third-order valence-electron chi connectivity index (χ3n) is 4.02. The third-order valence-corrected chi connectivity index (χ3v) is 4.02. The lowest BCUT2D eigenvalue weighted by atomic mass is 10.1. The van der Waals surface area contributed by atoms with Crippen molar-refractivity contribution in [1.82, 2.24) is 4.98 Å². The van der Waals surface area contributed by atoms with E-state index in [1.165, 1.54) is 30.3 Å². The zero-order valence-electron chi connectivity index (χ0n) is 15.5. The van der Waals surface area contributed by atoms with Crippen molar-refractivity contribution < 1.29 is 32.6 Å². The number of hydrogen-bond acceptors (Lipinski definition) is 4. The maximum absolute atomic E-state index is 13.7. The normalized spacial score (nSPS) is 11.1. The summed E-state index contributed by atoms with van der Waals surface area (Å²) >= 11 is 0. The summed E-state index contributed by atoms with van der Waals surface area (Å²) in [6.07, 6.45) is 1.15. The van der Waals surface area contributed by atoms with Gasteiger partial charge in [-0.15, -0.1) is 0 Å². The molecule has 2 N–H and O–H groups in total. The topological polar surface area (TPSA) is 88.5 Å². The number of halogens is 3. The van der Waals surface area contributed by atoms with E-state index >= 15 is 0 Å². The highest BCUT2D eigenvalue weighted by molar-refractivity contribution is 6.06. The van der Waals surface area contributed by atoms with Crippen LogP contribution in [0.25, 0.3) is 0 Å². The highest BCUT2D eigenvalue weighted by Gasteiger charge is 2.27. The molecule has 0 spiro atoms. The minimum absolute atomic E-state index is 0.0605. The number of carboxylic acid groups (broad SMARTS) is 1. The largest absolute Gasteiger partial charge is 0.477 e. The van der Waals surface area contributed by atoms with E-state index in [1.807, 2.05) is 0 Å². The molecule has 0 saturated heterocycles. The highest BCUT2D eigenvalue weighted by atomic mass is 19.3. The van der Waals surface area contributed by atoms with Gasteiger partial charge in [-0.3, -0.25) is 4.79 Å². The molecule has 0 radical (unpaired) electrons. The van der Waals surface area contributed by atoms with Crippen LogP contribution in [-0.4, -0.2) is 22.0 Å². The van der Waals surface area contributed by atoms with Crippen LogP contribution in [0, 0.1) is 5.82 Å². The second-order valence-electron chi connectivity index (χ2n) is 6.35. The summed E-state index contributed by atoms with van der Waals surface area (Å²) < 4.78 is 46.2. The van der Waals surface area contributed by atoms with Gasteiger partial charge in [0, 0.05) is 12.5 Å². The zero-order valence-corrected chi connectivity index (χ0v) is 15.5. The Morgan fingerprint density at radius 3 is 2.33 bits per heavy atom. The van der Waals surface area contributed by atoms with Gasteiger partial charge in [0.1, 0.15) is 23.0 Å². The number of nitrogens with zero attached hydrogens (tertiary/aromatic N) is 1. The zero-order chi connectivity index (χ0) is 21.9. The maximum Gasteiger partial charge on any atom is 0.354 e. The molecule has 0 aliphatic carbocycles. The van der Waals surface area contributed by atoms with Crippen molar-refractivity contribution in [2.45, 2.75) is 12.8 Å². The molecule has 6 nitrogen and oxygen atoms in total. The second kappa shape index (κ2) is 8.24. The molecule has 30 heavy (non-hydrogen) atoms. The minimum Gasteiger partial charge on any atom is -0.477 e. The molecular formula is C21H15F3N2O4. The smallest absolute Gasteiger partial charge is 0.354 e. The van der Waals surface area contributed by atoms with Gasteiger partial charge in [-0.05, 0) is 48.5 Å². The van der Waals surface area contributed by atoms with Crippen molar-refractivity contribution in [3.8, 4) is 11.5 Å². The molecule has 0 fully saturated rings. The van der Waals surface area contributed by atoms with E-state index in [0.717, 1.165) is 30.5 Å². The lowest BCUT2D eigenvalue weighted by molar-refractivity contribution is 0.0172. The van der Waals surface area contributed by atoms with Crippen molar-refractivity contribution >= 4 is 17.6 Å². The van der Waals surface area contributed by atoms with Gasteiger partial charge in [-0.25, -0.2) is 22.9 Å². The van der Waals surface area contributed by atoms with Crippen molar-refractivity contribution in [3.63, 3.8) is 0 Å². The average molecular weight is 416 g/mol. The molecular weight excluding hydrogens is 401 g/mol. The van der Waals surface area contributed by atoms with Crippen LogP contribution in [0.1, 0.15) is 33.3 Å². The number of carboxylic acids is 1. The monoisotopic (exact) mass is 416 g/mol. The Morgan fingerprint density at radius 1 is 1.07 bits per heavy atom. The summed E-state index contributed by atoms with van der Waals surface area (Å²) in [4.78, 5) is 27.2. The fourth-order valence-corrected chi connectivity index (χ4v) is 2.49. The summed E-state index contributed by atoms with van der Waals surface area (Å²) in [6, 6.07) is 10.7. The van der Waals surface area contributed by atoms with Crippen LogP contribution in [-0.2, 0) is 5.92 Å². The number of nitrogens with one attached hydrogen (secondary N) is 1. The Kier molecular flexibility index (Phi) is 5.72. The molecule has 3 rings (SSSR count). The quantitative estimate of drug-likeness (QED) is 0.585. The summed E-state index contributed by atoms with van der Waals surface area (Å²) in [5.74, 6) is -5.61. The van der Waals surface area contributed by atoms with Crippen LogP contribution < -0.4 is 10.1 Å². The van der Waals surface area contributed by atoms with Crippen molar-refractivity contribution in [2.75, 3.05) is 5.32 Å². The van der Waals surface area contributed by atoms with Crippen molar-refractivity contribution in [2.24, 2.45) is 0 Å². The van der Waals surface area contributed by atoms with E-state index in [4.69, 9.17) is 9.84 Å². The number of carbonyl (C=O) groups excluding carboxylic acids is 1. The Bertz CT molecular complexity index is 1080. The van der Waals surface area contributed by atoms with Crippen LogP contribution >= 0.6 is 0 Å².